The highest BCUT2D eigenvalue weighted by Crippen LogP contribution is 2.23. The minimum atomic E-state index is -0.199. The van der Waals surface area contributed by atoms with Gasteiger partial charge in [-0.25, -0.2) is 14.8 Å². The van der Waals surface area contributed by atoms with Gasteiger partial charge in [-0.2, -0.15) is 0 Å². The summed E-state index contributed by atoms with van der Waals surface area (Å²) in [5, 5.41) is 6.38. The average molecular weight is 419 g/mol. The summed E-state index contributed by atoms with van der Waals surface area (Å²) in [5.74, 6) is 0.812. The Morgan fingerprint density at radius 3 is 2.48 bits per heavy atom. The number of nitrogens with zero attached hydrogens (tertiary/aromatic N) is 2. The SMILES string of the molecule is CCCCOc1ccc(NC(=O)NC2CCC(Oc3ncc(Cl)cn3)CC2)cc1. The van der Waals surface area contributed by atoms with Crippen molar-refractivity contribution in [1.82, 2.24) is 15.3 Å². The van der Waals surface area contributed by atoms with Crippen LogP contribution in [0.15, 0.2) is 36.7 Å². The van der Waals surface area contributed by atoms with Crippen LogP contribution in [0.4, 0.5) is 10.5 Å². The van der Waals surface area contributed by atoms with E-state index in [9.17, 15) is 4.79 Å². The zero-order valence-electron chi connectivity index (χ0n) is 16.6. The molecule has 7 nitrogen and oxygen atoms in total. The van der Waals surface area contributed by atoms with Gasteiger partial charge in [0.2, 0.25) is 0 Å². The summed E-state index contributed by atoms with van der Waals surface area (Å²) in [6, 6.07) is 7.69. The number of anilines is 1. The number of benzene rings is 1. The van der Waals surface area contributed by atoms with Crippen LogP contribution in [0, 0.1) is 0 Å². The number of urea groups is 1. The third kappa shape index (κ3) is 7.09. The summed E-state index contributed by atoms with van der Waals surface area (Å²) in [5.41, 5.74) is 0.738. The van der Waals surface area contributed by atoms with Crippen molar-refractivity contribution in [3.63, 3.8) is 0 Å². The van der Waals surface area contributed by atoms with E-state index in [1.807, 2.05) is 24.3 Å². The normalized spacial score (nSPS) is 18.7. The number of ether oxygens (including phenoxy) is 2. The monoisotopic (exact) mass is 418 g/mol. The zero-order chi connectivity index (χ0) is 20.5. The van der Waals surface area contributed by atoms with Crippen molar-refractivity contribution in [2.24, 2.45) is 0 Å². The van der Waals surface area contributed by atoms with Crippen molar-refractivity contribution in [3.05, 3.63) is 41.7 Å². The molecule has 0 saturated heterocycles. The Labute approximate surface area is 176 Å². The minimum Gasteiger partial charge on any atom is -0.494 e. The molecule has 1 aromatic carbocycles. The summed E-state index contributed by atoms with van der Waals surface area (Å²) in [6.45, 7) is 2.84. The van der Waals surface area contributed by atoms with E-state index in [0.29, 0.717) is 17.6 Å². The van der Waals surface area contributed by atoms with Crippen LogP contribution >= 0.6 is 11.6 Å². The zero-order valence-corrected chi connectivity index (χ0v) is 17.3. The molecule has 2 N–H and O–H groups in total. The molecule has 2 amide bonds. The van der Waals surface area contributed by atoms with Crippen LogP contribution in [0.1, 0.15) is 45.4 Å². The molecule has 8 heteroatoms. The summed E-state index contributed by atoms with van der Waals surface area (Å²) in [6.07, 6.45) is 8.58. The van der Waals surface area contributed by atoms with Gasteiger partial charge >= 0.3 is 12.0 Å². The molecule has 2 aromatic rings. The first-order valence-corrected chi connectivity index (χ1v) is 10.4. The summed E-state index contributed by atoms with van der Waals surface area (Å²) in [7, 11) is 0. The highest BCUT2D eigenvalue weighted by Gasteiger charge is 2.24. The van der Waals surface area contributed by atoms with Crippen molar-refractivity contribution >= 4 is 23.3 Å². The smallest absolute Gasteiger partial charge is 0.319 e. The molecule has 1 aliphatic rings. The highest BCUT2D eigenvalue weighted by molar-refractivity contribution is 6.30. The molecule has 1 aromatic heterocycles. The van der Waals surface area contributed by atoms with Crippen molar-refractivity contribution in [2.45, 2.75) is 57.6 Å². The number of halogens is 1. The fourth-order valence-electron chi connectivity index (χ4n) is 3.16. The van der Waals surface area contributed by atoms with Gasteiger partial charge in [-0.15, -0.1) is 0 Å². The van der Waals surface area contributed by atoms with Gasteiger partial charge in [0.05, 0.1) is 24.0 Å². The molecule has 29 heavy (non-hydrogen) atoms. The number of nitrogens with one attached hydrogen (secondary N) is 2. The molecule has 0 radical (unpaired) electrons. The molecule has 156 valence electrons. The first-order chi connectivity index (χ1) is 14.1. The van der Waals surface area contributed by atoms with Gasteiger partial charge in [0.15, 0.2) is 0 Å². The number of rotatable bonds is 8. The molecule has 0 bridgehead atoms. The van der Waals surface area contributed by atoms with E-state index in [1.54, 1.807) is 0 Å². The second kappa shape index (κ2) is 10.9. The maximum absolute atomic E-state index is 12.3. The van der Waals surface area contributed by atoms with Crippen LogP contribution < -0.4 is 20.1 Å². The van der Waals surface area contributed by atoms with Crippen molar-refractivity contribution in [2.75, 3.05) is 11.9 Å². The van der Waals surface area contributed by atoms with E-state index in [4.69, 9.17) is 21.1 Å². The number of hydrogen-bond donors (Lipinski definition) is 2. The third-order valence-corrected chi connectivity index (χ3v) is 4.95. The Hall–Kier alpha value is -2.54. The van der Waals surface area contributed by atoms with Crippen LogP contribution in [0.25, 0.3) is 0 Å². The lowest BCUT2D eigenvalue weighted by Gasteiger charge is -2.28. The predicted octanol–water partition coefficient (Wildman–Crippen LogP) is 4.82. The minimum absolute atomic E-state index is 0.0533. The van der Waals surface area contributed by atoms with Crippen molar-refractivity contribution in [1.29, 1.82) is 0 Å². The molecule has 0 atom stereocenters. The van der Waals surface area contributed by atoms with Crippen LogP contribution in [-0.4, -0.2) is 34.8 Å². The fraction of sp³-hybridized carbons (Fsp3) is 0.476. The standard InChI is InChI=1S/C21H27ClN4O3/c1-2-3-12-28-18-8-4-16(5-9-18)25-20(27)26-17-6-10-19(11-7-17)29-21-23-13-15(22)14-24-21/h4-5,8-9,13-14,17,19H,2-3,6-7,10-12H2,1H3,(H2,25,26,27). The number of hydrogen-bond acceptors (Lipinski definition) is 5. The number of unbranched alkanes of at least 4 members (excludes halogenated alkanes) is 1. The molecule has 3 rings (SSSR count). The third-order valence-electron chi connectivity index (χ3n) is 4.76. The van der Waals surface area contributed by atoms with Gasteiger partial charge < -0.3 is 20.1 Å². The largest absolute Gasteiger partial charge is 0.494 e. The van der Waals surface area contributed by atoms with Gasteiger partial charge in [0.25, 0.3) is 0 Å². The highest BCUT2D eigenvalue weighted by atomic mass is 35.5. The molecule has 0 aliphatic heterocycles. The molecule has 0 unspecified atom stereocenters. The Morgan fingerprint density at radius 2 is 1.83 bits per heavy atom. The number of aromatic nitrogens is 2. The van der Waals surface area contributed by atoms with E-state index in [2.05, 4.69) is 27.5 Å². The number of amides is 2. The lowest BCUT2D eigenvalue weighted by atomic mass is 9.93. The molecular weight excluding hydrogens is 392 g/mol. The molecule has 1 saturated carbocycles. The van der Waals surface area contributed by atoms with E-state index in [1.165, 1.54) is 12.4 Å². The molecule has 0 spiro atoms. The first kappa shape index (κ1) is 21.2. The van der Waals surface area contributed by atoms with E-state index >= 15 is 0 Å². The van der Waals surface area contributed by atoms with E-state index in [-0.39, 0.29) is 18.2 Å². The summed E-state index contributed by atoms with van der Waals surface area (Å²) in [4.78, 5) is 20.4. The van der Waals surface area contributed by atoms with Crippen LogP contribution in [0.3, 0.4) is 0 Å². The summed E-state index contributed by atoms with van der Waals surface area (Å²) < 4.78 is 11.4. The van der Waals surface area contributed by atoms with Crippen molar-refractivity contribution in [3.8, 4) is 11.8 Å². The van der Waals surface area contributed by atoms with Crippen LogP contribution in [0.2, 0.25) is 5.02 Å². The van der Waals surface area contributed by atoms with E-state index < -0.39 is 0 Å². The lowest BCUT2D eigenvalue weighted by molar-refractivity contribution is 0.129. The summed E-state index contributed by atoms with van der Waals surface area (Å²) >= 11 is 5.78. The van der Waals surface area contributed by atoms with Crippen molar-refractivity contribution < 1.29 is 14.3 Å². The van der Waals surface area contributed by atoms with Gasteiger partial charge in [0.1, 0.15) is 11.9 Å². The van der Waals surface area contributed by atoms with Gasteiger partial charge in [-0.1, -0.05) is 24.9 Å². The Bertz CT molecular complexity index is 763. The van der Waals surface area contributed by atoms with Gasteiger partial charge in [-0.05, 0) is 56.4 Å². The first-order valence-electron chi connectivity index (χ1n) is 10.1. The van der Waals surface area contributed by atoms with E-state index in [0.717, 1.165) is 50.0 Å². The Balaban J connectivity index is 1.37. The molecule has 1 aliphatic carbocycles. The second-order valence-electron chi connectivity index (χ2n) is 7.10. The fourth-order valence-corrected chi connectivity index (χ4v) is 3.25. The van der Waals surface area contributed by atoms with Gasteiger partial charge in [0, 0.05) is 11.7 Å². The number of carbonyl (C=O) groups is 1. The van der Waals surface area contributed by atoms with Crippen LogP contribution in [-0.2, 0) is 0 Å². The number of carbonyl (C=O) groups excluding carboxylic acids is 1. The second-order valence-corrected chi connectivity index (χ2v) is 7.54. The maximum atomic E-state index is 12.3. The Morgan fingerprint density at radius 1 is 1.14 bits per heavy atom. The topological polar surface area (TPSA) is 85.4 Å². The van der Waals surface area contributed by atoms with Gasteiger partial charge in [-0.3, -0.25) is 0 Å². The maximum Gasteiger partial charge on any atom is 0.319 e. The molecule has 1 heterocycles. The Kier molecular flexibility index (Phi) is 7.93. The quantitative estimate of drug-likeness (QED) is 0.600. The predicted molar refractivity (Wildman–Crippen MR) is 113 cm³/mol. The molecule has 1 fully saturated rings. The lowest BCUT2D eigenvalue weighted by Crippen LogP contribution is -2.41. The average Bonchev–Trinajstić information content (AvgIpc) is 2.73. The van der Waals surface area contributed by atoms with Crippen LogP contribution in [0.5, 0.6) is 11.8 Å². The molecular formula is C21H27ClN4O3.